The molecule has 2 aromatic carbocycles. The van der Waals surface area contributed by atoms with E-state index in [0.29, 0.717) is 11.1 Å². The molecule has 27 heavy (non-hydrogen) atoms. The van der Waals surface area contributed by atoms with Crippen LogP contribution in [0.5, 0.6) is 0 Å². The highest BCUT2D eigenvalue weighted by molar-refractivity contribution is 5.97. The van der Waals surface area contributed by atoms with E-state index in [-0.39, 0.29) is 13.0 Å². The van der Waals surface area contributed by atoms with Gasteiger partial charge in [-0.25, -0.2) is 9.59 Å². The lowest BCUT2D eigenvalue weighted by molar-refractivity contribution is -0.138. The van der Waals surface area contributed by atoms with Gasteiger partial charge < -0.3 is 9.47 Å². The molecular formula is C22H24O5. The molecule has 0 N–H and O–H groups in total. The fourth-order valence-corrected chi connectivity index (χ4v) is 2.60. The average molecular weight is 368 g/mol. The Labute approximate surface area is 159 Å². The first-order valence-corrected chi connectivity index (χ1v) is 9.17. The van der Waals surface area contributed by atoms with Crippen molar-refractivity contribution in [2.75, 3.05) is 6.61 Å². The molecule has 0 fully saturated rings. The van der Waals surface area contributed by atoms with E-state index in [4.69, 9.17) is 9.47 Å². The highest BCUT2D eigenvalue weighted by atomic mass is 16.6. The van der Waals surface area contributed by atoms with Crippen LogP contribution in [0.15, 0.2) is 54.6 Å². The van der Waals surface area contributed by atoms with Crippen molar-refractivity contribution in [2.24, 2.45) is 0 Å². The van der Waals surface area contributed by atoms with Crippen molar-refractivity contribution in [3.8, 4) is 0 Å². The Kier molecular flexibility index (Phi) is 8.23. The van der Waals surface area contributed by atoms with Crippen LogP contribution < -0.4 is 0 Å². The summed E-state index contributed by atoms with van der Waals surface area (Å²) >= 11 is 0. The molecule has 0 aliphatic heterocycles. The maximum Gasteiger partial charge on any atom is 0.345 e. The molecule has 0 spiro atoms. The van der Waals surface area contributed by atoms with Gasteiger partial charge in [-0.3, -0.25) is 4.79 Å². The Bertz CT molecular complexity index is 767. The molecule has 0 radical (unpaired) electrons. The molecule has 0 bridgehead atoms. The molecule has 0 aliphatic rings. The van der Waals surface area contributed by atoms with Gasteiger partial charge in [0.25, 0.3) is 0 Å². The van der Waals surface area contributed by atoms with Crippen molar-refractivity contribution in [1.29, 1.82) is 0 Å². The van der Waals surface area contributed by atoms with Crippen molar-refractivity contribution >= 4 is 17.9 Å². The standard InChI is InChI=1S/C22H24O5/c1-2-3-5-10-17-11-8-9-14-19(17)22(25)26-16-15-20(23)27-21(24)18-12-6-4-7-13-18/h4,6-9,11-14H,2-3,5,10,15-16H2,1H3. The number of carbonyl (C=O) groups is 3. The molecular weight excluding hydrogens is 344 g/mol. The number of esters is 3. The molecule has 0 amide bonds. The van der Waals surface area contributed by atoms with E-state index in [2.05, 4.69) is 6.92 Å². The number of rotatable bonds is 9. The summed E-state index contributed by atoms with van der Waals surface area (Å²) in [5.41, 5.74) is 1.75. The van der Waals surface area contributed by atoms with Gasteiger partial charge in [-0.05, 0) is 36.6 Å². The van der Waals surface area contributed by atoms with Crippen molar-refractivity contribution in [2.45, 2.75) is 39.0 Å². The predicted octanol–water partition coefficient (Wildman–Crippen LogP) is 4.35. The third-order valence-corrected chi connectivity index (χ3v) is 4.04. The monoisotopic (exact) mass is 368 g/mol. The minimum Gasteiger partial charge on any atom is -0.461 e. The lowest BCUT2D eigenvalue weighted by Gasteiger charge is -2.09. The first-order chi connectivity index (χ1) is 13.1. The van der Waals surface area contributed by atoms with Crippen LogP contribution in [0.3, 0.4) is 0 Å². The van der Waals surface area contributed by atoms with Crippen LogP contribution in [0, 0.1) is 0 Å². The molecule has 0 atom stereocenters. The van der Waals surface area contributed by atoms with Gasteiger partial charge in [0, 0.05) is 0 Å². The van der Waals surface area contributed by atoms with Crippen LogP contribution >= 0.6 is 0 Å². The molecule has 0 aliphatic carbocycles. The quantitative estimate of drug-likeness (QED) is 0.374. The molecule has 5 heteroatoms. The minimum absolute atomic E-state index is 0.136. The van der Waals surface area contributed by atoms with Crippen LogP contribution in [0.2, 0.25) is 0 Å². The average Bonchev–Trinajstić information content (AvgIpc) is 2.69. The van der Waals surface area contributed by atoms with Crippen LogP contribution in [-0.2, 0) is 20.7 Å². The summed E-state index contributed by atoms with van der Waals surface area (Å²) in [6.45, 7) is 1.99. The van der Waals surface area contributed by atoms with E-state index in [1.807, 2.05) is 12.1 Å². The second kappa shape index (κ2) is 10.9. The Morgan fingerprint density at radius 3 is 2.30 bits per heavy atom. The Morgan fingerprint density at radius 2 is 1.56 bits per heavy atom. The summed E-state index contributed by atoms with van der Waals surface area (Å²) < 4.78 is 9.93. The fraction of sp³-hybridized carbons (Fsp3) is 0.318. The predicted molar refractivity (Wildman–Crippen MR) is 101 cm³/mol. The highest BCUT2D eigenvalue weighted by Gasteiger charge is 2.15. The van der Waals surface area contributed by atoms with Crippen LogP contribution in [0.4, 0.5) is 0 Å². The second-order valence-corrected chi connectivity index (χ2v) is 6.13. The zero-order valence-electron chi connectivity index (χ0n) is 15.5. The zero-order chi connectivity index (χ0) is 19.5. The molecule has 0 saturated heterocycles. The lowest BCUT2D eigenvalue weighted by Crippen LogP contribution is -2.16. The van der Waals surface area contributed by atoms with Crippen molar-refractivity contribution in [3.63, 3.8) is 0 Å². The summed E-state index contributed by atoms with van der Waals surface area (Å²) in [4.78, 5) is 35.8. The van der Waals surface area contributed by atoms with Crippen LogP contribution in [0.1, 0.15) is 58.9 Å². The van der Waals surface area contributed by atoms with Gasteiger partial charge in [0.2, 0.25) is 0 Å². The second-order valence-electron chi connectivity index (χ2n) is 6.13. The normalized spacial score (nSPS) is 10.3. The third kappa shape index (κ3) is 6.70. The van der Waals surface area contributed by atoms with E-state index in [9.17, 15) is 14.4 Å². The molecule has 0 unspecified atom stereocenters. The van der Waals surface area contributed by atoms with Gasteiger partial charge in [0.05, 0.1) is 17.5 Å². The van der Waals surface area contributed by atoms with E-state index >= 15 is 0 Å². The van der Waals surface area contributed by atoms with Gasteiger partial charge in [-0.2, -0.15) is 0 Å². The Hall–Kier alpha value is -2.95. The first kappa shape index (κ1) is 20.4. The maximum atomic E-state index is 12.3. The summed E-state index contributed by atoms with van der Waals surface area (Å²) in [6, 6.07) is 15.6. The van der Waals surface area contributed by atoms with Gasteiger partial charge in [-0.1, -0.05) is 56.2 Å². The smallest absolute Gasteiger partial charge is 0.345 e. The Morgan fingerprint density at radius 1 is 0.852 bits per heavy atom. The Balaban J connectivity index is 1.80. The maximum absolute atomic E-state index is 12.3. The highest BCUT2D eigenvalue weighted by Crippen LogP contribution is 2.14. The molecule has 0 aromatic heterocycles. The largest absolute Gasteiger partial charge is 0.461 e. The molecule has 2 rings (SSSR count). The van der Waals surface area contributed by atoms with Crippen molar-refractivity contribution < 1.29 is 23.9 Å². The minimum atomic E-state index is -0.729. The van der Waals surface area contributed by atoms with E-state index in [1.54, 1.807) is 42.5 Å². The van der Waals surface area contributed by atoms with Gasteiger partial charge >= 0.3 is 17.9 Å². The van der Waals surface area contributed by atoms with Gasteiger partial charge in [0.1, 0.15) is 6.61 Å². The number of aryl methyl sites for hydroxylation is 1. The molecule has 0 saturated carbocycles. The molecule has 2 aromatic rings. The fourth-order valence-electron chi connectivity index (χ4n) is 2.60. The van der Waals surface area contributed by atoms with Crippen molar-refractivity contribution in [3.05, 3.63) is 71.3 Å². The first-order valence-electron chi connectivity index (χ1n) is 9.17. The number of unbranched alkanes of at least 4 members (excludes halogenated alkanes) is 2. The SMILES string of the molecule is CCCCCc1ccccc1C(=O)OCCC(=O)OC(=O)c1ccccc1. The number of hydrogen-bond acceptors (Lipinski definition) is 5. The van der Waals surface area contributed by atoms with E-state index < -0.39 is 17.9 Å². The van der Waals surface area contributed by atoms with Gasteiger partial charge in [-0.15, -0.1) is 0 Å². The number of hydrogen-bond donors (Lipinski definition) is 0. The molecule has 142 valence electrons. The van der Waals surface area contributed by atoms with Crippen LogP contribution in [-0.4, -0.2) is 24.5 Å². The zero-order valence-corrected chi connectivity index (χ0v) is 15.5. The summed E-state index contributed by atoms with van der Waals surface area (Å²) in [5.74, 6) is -1.91. The lowest BCUT2D eigenvalue weighted by atomic mass is 10.0. The number of benzene rings is 2. The number of carbonyl (C=O) groups excluding carboxylic acids is 3. The topological polar surface area (TPSA) is 69.7 Å². The van der Waals surface area contributed by atoms with E-state index in [1.165, 1.54) is 0 Å². The van der Waals surface area contributed by atoms with Crippen LogP contribution in [0.25, 0.3) is 0 Å². The van der Waals surface area contributed by atoms with E-state index in [0.717, 1.165) is 31.2 Å². The van der Waals surface area contributed by atoms with Gasteiger partial charge in [0.15, 0.2) is 0 Å². The third-order valence-electron chi connectivity index (χ3n) is 4.04. The summed E-state index contributed by atoms with van der Waals surface area (Å²) in [5, 5.41) is 0. The summed E-state index contributed by atoms with van der Waals surface area (Å²) in [6.07, 6.45) is 3.85. The number of ether oxygens (including phenoxy) is 2. The summed E-state index contributed by atoms with van der Waals surface area (Å²) in [7, 11) is 0. The van der Waals surface area contributed by atoms with Crippen molar-refractivity contribution in [1.82, 2.24) is 0 Å². The molecule has 0 heterocycles. The molecule has 5 nitrogen and oxygen atoms in total.